The van der Waals surface area contributed by atoms with E-state index in [9.17, 15) is 9.59 Å². The monoisotopic (exact) mass is 355 g/mol. The van der Waals surface area contributed by atoms with Gasteiger partial charge in [-0.2, -0.15) is 0 Å². The van der Waals surface area contributed by atoms with Crippen molar-refractivity contribution in [3.63, 3.8) is 0 Å². The molecule has 0 N–H and O–H groups in total. The summed E-state index contributed by atoms with van der Waals surface area (Å²) in [5.74, 6) is 1.59. The van der Waals surface area contributed by atoms with Crippen LogP contribution in [-0.2, 0) is 9.31 Å². The summed E-state index contributed by atoms with van der Waals surface area (Å²) in [5, 5.41) is 0. The number of carbonyl (C=O) groups excluding carboxylic acids is 2. The standard InChI is InChI=1S/C20H26BNO4/c1-14(13-21-25-19(2,3)20(4,5)26-21)9-8-12-22-17(23)15-10-6-7-11-16(15)18(22)24/h6-7,10-11,13H,8-9,12H2,1-5H3/b14-13+. The summed E-state index contributed by atoms with van der Waals surface area (Å²) in [6.45, 7) is 10.5. The first-order chi connectivity index (χ1) is 12.1. The Labute approximate surface area is 155 Å². The van der Waals surface area contributed by atoms with Gasteiger partial charge in [0.25, 0.3) is 11.8 Å². The second-order valence-electron chi connectivity index (χ2n) is 8.05. The molecule has 0 bridgehead atoms. The highest BCUT2D eigenvalue weighted by molar-refractivity contribution is 6.51. The van der Waals surface area contributed by atoms with Crippen LogP contribution < -0.4 is 0 Å². The molecule has 0 aliphatic carbocycles. The van der Waals surface area contributed by atoms with Gasteiger partial charge < -0.3 is 9.31 Å². The number of benzene rings is 1. The van der Waals surface area contributed by atoms with E-state index in [4.69, 9.17) is 9.31 Å². The smallest absolute Gasteiger partial charge is 0.400 e. The fraction of sp³-hybridized carbons (Fsp3) is 0.500. The van der Waals surface area contributed by atoms with Crippen molar-refractivity contribution < 1.29 is 18.9 Å². The van der Waals surface area contributed by atoms with E-state index < -0.39 is 0 Å². The van der Waals surface area contributed by atoms with Gasteiger partial charge in [0.05, 0.1) is 22.3 Å². The van der Waals surface area contributed by atoms with Gasteiger partial charge in [-0.1, -0.05) is 23.7 Å². The first-order valence-electron chi connectivity index (χ1n) is 9.10. The van der Waals surface area contributed by atoms with E-state index in [1.807, 2.05) is 40.6 Å². The molecule has 0 radical (unpaired) electrons. The highest BCUT2D eigenvalue weighted by Crippen LogP contribution is 2.37. The summed E-state index contributed by atoms with van der Waals surface area (Å²) in [5.41, 5.74) is 1.42. The van der Waals surface area contributed by atoms with E-state index in [1.165, 1.54) is 4.90 Å². The second kappa shape index (κ2) is 6.67. The van der Waals surface area contributed by atoms with Crippen molar-refractivity contribution >= 4 is 18.9 Å². The Hall–Kier alpha value is -1.92. The van der Waals surface area contributed by atoms with E-state index in [-0.39, 0.29) is 30.1 Å². The lowest BCUT2D eigenvalue weighted by Gasteiger charge is -2.32. The Kier molecular flexibility index (Phi) is 4.84. The molecule has 0 unspecified atom stereocenters. The molecule has 0 spiro atoms. The van der Waals surface area contributed by atoms with Gasteiger partial charge in [0.15, 0.2) is 0 Å². The van der Waals surface area contributed by atoms with E-state index in [0.717, 1.165) is 12.0 Å². The minimum Gasteiger partial charge on any atom is -0.400 e. The number of allylic oxidation sites excluding steroid dienone is 1. The molecule has 1 saturated heterocycles. The maximum Gasteiger partial charge on any atom is 0.487 e. The van der Waals surface area contributed by atoms with E-state index in [0.29, 0.717) is 24.1 Å². The number of carbonyl (C=O) groups is 2. The van der Waals surface area contributed by atoms with Crippen LogP contribution in [0.1, 0.15) is 68.2 Å². The van der Waals surface area contributed by atoms with E-state index in [2.05, 4.69) is 0 Å². The minimum atomic E-state index is -0.362. The van der Waals surface area contributed by atoms with Crippen molar-refractivity contribution in [2.45, 2.75) is 58.7 Å². The Morgan fingerprint density at radius 1 is 1.04 bits per heavy atom. The number of hydrogen-bond donors (Lipinski definition) is 0. The lowest BCUT2D eigenvalue weighted by molar-refractivity contribution is 0.00578. The first kappa shape index (κ1) is 18.9. The van der Waals surface area contributed by atoms with Crippen LogP contribution in [0.2, 0.25) is 0 Å². The molecule has 1 aromatic rings. The molecule has 26 heavy (non-hydrogen) atoms. The molecule has 0 saturated carbocycles. The van der Waals surface area contributed by atoms with Crippen LogP contribution in [0.15, 0.2) is 35.8 Å². The SMILES string of the molecule is C/C(=C\B1OC(C)(C)C(C)(C)O1)CCCN1C(=O)c2ccccc2C1=O. The maximum atomic E-state index is 12.4. The highest BCUT2D eigenvalue weighted by atomic mass is 16.7. The molecule has 6 heteroatoms. The van der Waals surface area contributed by atoms with Crippen molar-refractivity contribution in [3.8, 4) is 0 Å². The van der Waals surface area contributed by atoms with E-state index >= 15 is 0 Å². The molecular weight excluding hydrogens is 329 g/mol. The van der Waals surface area contributed by atoms with Gasteiger partial charge in [0.2, 0.25) is 0 Å². The Morgan fingerprint density at radius 3 is 2.04 bits per heavy atom. The fourth-order valence-electron chi connectivity index (χ4n) is 3.23. The molecule has 0 aromatic heterocycles. The number of nitrogens with zero attached hydrogens (tertiary/aromatic N) is 1. The number of imide groups is 1. The highest BCUT2D eigenvalue weighted by Gasteiger charge is 2.50. The van der Waals surface area contributed by atoms with Gasteiger partial charge >= 0.3 is 7.12 Å². The van der Waals surface area contributed by atoms with Crippen molar-refractivity contribution in [1.29, 1.82) is 0 Å². The molecule has 1 aromatic carbocycles. The molecule has 2 heterocycles. The van der Waals surface area contributed by atoms with Gasteiger partial charge in [-0.15, -0.1) is 0 Å². The number of rotatable bonds is 5. The van der Waals surface area contributed by atoms with Gasteiger partial charge in [-0.05, 0) is 59.6 Å². The Bertz CT molecular complexity index is 718. The van der Waals surface area contributed by atoms with Crippen molar-refractivity contribution in [2.75, 3.05) is 6.54 Å². The summed E-state index contributed by atoms with van der Waals surface area (Å²) >= 11 is 0. The van der Waals surface area contributed by atoms with Gasteiger partial charge in [-0.3, -0.25) is 14.5 Å². The van der Waals surface area contributed by atoms with Crippen LogP contribution >= 0.6 is 0 Å². The average Bonchev–Trinajstić information content (AvgIpc) is 2.91. The van der Waals surface area contributed by atoms with Crippen LogP contribution in [0.5, 0.6) is 0 Å². The predicted molar refractivity (Wildman–Crippen MR) is 101 cm³/mol. The fourth-order valence-corrected chi connectivity index (χ4v) is 3.23. The second-order valence-corrected chi connectivity index (χ2v) is 8.05. The van der Waals surface area contributed by atoms with Crippen molar-refractivity contribution in [1.82, 2.24) is 4.90 Å². The Morgan fingerprint density at radius 2 is 1.54 bits per heavy atom. The quantitative estimate of drug-likeness (QED) is 0.598. The summed E-state index contributed by atoms with van der Waals surface area (Å²) in [7, 11) is -0.362. The molecule has 3 rings (SSSR count). The zero-order valence-corrected chi connectivity index (χ0v) is 16.2. The van der Waals surface area contributed by atoms with Crippen molar-refractivity contribution in [3.05, 3.63) is 46.9 Å². The molecule has 2 aliphatic heterocycles. The predicted octanol–water partition coefficient (Wildman–Crippen LogP) is 3.64. The largest absolute Gasteiger partial charge is 0.487 e. The van der Waals surface area contributed by atoms with Crippen LogP contribution in [0.4, 0.5) is 0 Å². The number of fused-ring (bicyclic) bond motifs is 1. The molecule has 2 amide bonds. The van der Waals surface area contributed by atoms with Gasteiger partial charge in [-0.25, -0.2) is 0 Å². The van der Waals surface area contributed by atoms with Gasteiger partial charge in [0, 0.05) is 6.54 Å². The molecule has 5 nitrogen and oxygen atoms in total. The molecule has 138 valence electrons. The summed E-state index contributed by atoms with van der Waals surface area (Å²) in [6, 6.07) is 6.98. The summed E-state index contributed by atoms with van der Waals surface area (Å²) in [4.78, 5) is 26.1. The zero-order valence-electron chi connectivity index (χ0n) is 16.2. The molecule has 1 fully saturated rings. The topological polar surface area (TPSA) is 55.8 Å². The van der Waals surface area contributed by atoms with Crippen LogP contribution in [0, 0.1) is 0 Å². The maximum absolute atomic E-state index is 12.4. The summed E-state index contributed by atoms with van der Waals surface area (Å²) < 4.78 is 11.9. The van der Waals surface area contributed by atoms with Crippen LogP contribution in [0.25, 0.3) is 0 Å². The van der Waals surface area contributed by atoms with Crippen molar-refractivity contribution in [2.24, 2.45) is 0 Å². The molecule has 2 aliphatic rings. The zero-order chi connectivity index (χ0) is 19.1. The van der Waals surface area contributed by atoms with Gasteiger partial charge in [0.1, 0.15) is 0 Å². The van der Waals surface area contributed by atoms with Crippen LogP contribution in [-0.4, -0.2) is 41.6 Å². The normalized spacial score (nSPS) is 21.5. The third-order valence-corrected chi connectivity index (χ3v) is 5.52. The Balaban J connectivity index is 1.55. The molecular formula is C20H26BNO4. The minimum absolute atomic E-state index is 0.196. The molecule has 0 atom stereocenters. The number of amides is 2. The first-order valence-corrected chi connectivity index (χ1v) is 9.10. The third-order valence-electron chi connectivity index (χ3n) is 5.52. The lowest BCUT2D eigenvalue weighted by Crippen LogP contribution is -2.41. The van der Waals surface area contributed by atoms with Crippen LogP contribution in [0.3, 0.4) is 0 Å². The third kappa shape index (κ3) is 3.36. The number of hydrogen-bond acceptors (Lipinski definition) is 4. The lowest BCUT2D eigenvalue weighted by atomic mass is 9.86. The van der Waals surface area contributed by atoms with E-state index in [1.54, 1.807) is 24.3 Å². The average molecular weight is 355 g/mol. The summed E-state index contributed by atoms with van der Waals surface area (Å²) in [6.07, 6.45) is 1.49.